The lowest BCUT2D eigenvalue weighted by Gasteiger charge is -2.39. The van der Waals surface area contributed by atoms with Gasteiger partial charge in [-0.15, -0.1) is 0 Å². The second kappa shape index (κ2) is 11.0. The van der Waals surface area contributed by atoms with Crippen molar-refractivity contribution in [2.45, 2.75) is 24.9 Å². The van der Waals surface area contributed by atoms with Gasteiger partial charge in [0.2, 0.25) is 0 Å². The molecule has 0 amide bonds. The van der Waals surface area contributed by atoms with Crippen molar-refractivity contribution in [2.75, 3.05) is 18.0 Å². The summed E-state index contributed by atoms with van der Waals surface area (Å²) in [5.74, 6) is 0.470. The molecule has 2 unspecified atom stereocenters. The smallest absolute Gasteiger partial charge is 0.0450 e. The molecule has 5 aromatic rings. The number of hydrogen-bond donors (Lipinski definition) is 0. The van der Waals surface area contributed by atoms with E-state index >= 15 is 0 Å². The molecule has 40 heavy (non-hydrogen) atoms. The molecule has 2 aliphatic heterocycles. The second-order valence-corrected chi connectivity index (χ2v) is 11.0. The van der Waals surface area contributed by atoms with Gasteiger partial charge in [-0.2, -0.15) is 0 Å². The van der Waals surface area contributed by atoms with E-state index in [0.29, 0.717) is 12.0 Å². The Morgan fingerprint density at radius 1 is 0.675 bits per heavy atom. The highest BCUT2D eigenvalue weighted by atomic mass is 15.2. The average Bonchev–Trinajstić information content (AvgIpc) is 3.34. The lowest BCUT2D eigenvalue weighted by molar-refractivity contribution is 0.189. The summed E-state index contributed by atoms with van der Waals surface area (Å²) in [6, 6.07) is 51.0. The molecule has 0 bridgehead atoms. The topological polar surface area (TPSA) is 6.48 Å². The fraction of sp³-hybridized carbons (Fsp3) is 0.158. The first-order chi connectivity index (χ1) is 19.8. The van der Waals surface area contributed by atoms with Crippen molar-refractivity contribution in [3.63, 3.8) is 0 Å². The van der Waals surface area contributed by atoms with E-state index in [0.717, 1.165) is 26.1 Å². The lowest BCUT2D eigenvalue weighted by Crippen LogP contribution is -2.44. The van der Waals surface area contributed by atoms with Crippen LogP contribution in [0, 0.1) is 0 Å². The van der Waals surface area contributed by atoms with Gasteiger partial charge in [-0.3, -0.25) is 4.90 Å². The molecule has 2 heterocycles. The van der Waals surface area contributed by atoms with Crippen LogP contribution < -0.4 is 4.90 Å². The van der Waals surface area contributed by atoms with Crippen LogP contribution in [0.25, 0.3) is 11.6 Å². The molecule has 0 saturated carbocycles. The van der Waals surface area contributed by atoms with Crippen molar-refractivity contribution in [2.24, 2.45) is 0 Å². The molecular formula is C38H34N2. The summed E-state index contributed by atoms with van der Waals surface area (Å²) in [4.78, 5) is 5.26. The molecule has 1 fully saturated rings. The van der Waals surface area contributed by atoms with Gasteiger partial charge in [0.1, 0.15) is 0 Å². The number of fused-ring (bicyclic) bond motifs is 3. The van der Waals surface area contributed by atoms with Crippen LogP contribution >= 0.6 is 0 Å². The van der Waals surface area contributed by atoms with Crippen LogP contribution in [0.2, 0.25) is 0 Å². The minimum Gasteiger partial charge on any atom is -0.337 e. The molecule has 0 radical (unpaired) electrons. The predicted molar refractivity (Wildman–Crippen MR) is 168 cm³/mol. The zero-order valence-corrected chi connectivity index (χ0v) is 22.7. The van der Waals surface area contributed by atoms with Crippen molar-refractivity contribution in [1.29, 1.82) is 0 Å². The van der Waals surface area contributed by atoms with E-state index in [-0.39, 0.29) is 0 Å². The van der Waals surface area contributed by atoms with Crippen LogP contribution in [0.15, 0.2) is 140 Å². The van der Waals surface area contributed by atoms with Gasteiger partial charge in [0.15, 0.2) is 0 Å². The third-order valence-electron chi connectivity index (χ3n) is 8.47. The molecule has 0 spiro atoms. The van der Waals surface area contributed by atoms with Crippen LogP contribution in [0.5, 0.6) is 0 Å². The van der Waals surface area contributed by atoms with Crippen LogP contribution in [0.4, 0.5) is 11.4 Å². The molecular weight excluding hydrogens is 484 g/mol. The van der Waals surface area contributed by atoms with E-state index < -0.39 is 0 Å². The molecule has 2 atom stereocenters. The Bertz CT molecular complexity index is 1550. The minimum absolute atomic E-state index is 0.470. The standard InChI is InChI=1S/C38H34N2/c1-5-13-29(14-6-1)27-39-24-23-38-36(28-39)35-26-30(21-22-37(35)40(38)33-19-11-4-12-20-33)25-34(31-15-7-2-8-16-31)32-17-9-3-10-18-32/h1-22,25-26,36,38H,23-24,27-28H2. The van der Waals surface area contributed by atoms with E-state index in [9.17, 15) is 0 Å². The van der Waals surface area contributed by atoms with Gasteiger partial charge in [0.05, 0.1) is 0 Å². The van der Waals surface area contributed by atoms with Crippen molar-refractivity contribution < 1.29 is 0 Å². The Morgan fingerprint density at radius 2 is 1.27 bits per heavy atom. The normalized spacial score (nSPS) is 18.1. The third-order valence-corrected chi connectivity index (χ3v) is 8.47. The number of likely N-dealkylation sites (tertiary alicyclic amines) is 1. The highest BCUT2D eigenvalue weighted by Crippen LogP contribution is 2.49. The summed E-state index contributed by atoms with van der Waals surface area (Å²) in [5, 5.41) is 0. The van der Waals surface area contributed by atoms with Crippen molar-refractivity contribution in [3.05, 3.63) is 167 Å². The average molecular weight is 519 g/mol. The van der Waals surface area contributed by atoms with Gasteiger partial charge >= 0.3 is 0 Å². The second-order valence-electron chi connectivity index (χ2n) is 11.0. The minimum atomic E-state index is 0.470. The number of para-hydroxylation sites is 1. The van der Waals surface area contributed by atoms with E-state index in [2.05, 4.69) is 155 Å². The number of rotatable bonds is 6. The zero-order valence-electron chi connectivity index (χ0n) is 22.7. The monoisotopic (exact) mass is 518 g/mol. The SMILES string of the molecule is C(=C(c1ccccc1)c1ccccc1)c1ccc2c(c1)C1CN(Cc3ccccc3)CCC1N2c1ccccc1. The Morgan fingerprint density at radius 3 is 1.93 bits per heavy atom. The fourth-order valence-electron chi connectivity index (χ4n) is 6.62. The number of hydrogen-bond acceptors (Lipinski definition) is 2. The van der Waals surface area contributed by atoms with Crippen LogP contribution in [-0.4, -0.2) is 24.0 Å². The molecule has 5 aromatic carbocycles. The van der Waals surface area contributed by atoms with Crippen LogP contribution in [-0.2, 0) is 6.54 Å². The predicted octanol–water partition coefficient (Wildman–Crippen LogP) is 8.79. The quantitative estimate of drug-likeness (QED) is 0.207. The van der Waals surface area contributed by atoms with Crippen molar-refractivity contribution >= 4 is 23.0 Å². The number of anilines is 2. The summed E-state index contributed by atoms with van der Waals surface area (Å²) in [6.07, 6.45) is 3.53. The Labute approximate surface area is 237 Å². The van der Waals surface area contributed by atoms with Gasteiger partial charge in [-0.25, -0.2) is 0 Å². The first-order valence-electron chi connectivity index (χ1n) is 14.4. The van der Waals surface area contributed by atoms with Crippen molar-refractivity contribution in [1.82, 2.24) is 4.90 Å². The largest absolute Gasteiger partial charge is 0.337 e. The van der Waals surface area contributed by atoms with Gasteiger partial charge in [0, 0.05) is 43.0 Å². The first-order valence-corrected chi connectivity index (χ1v) is 14.4. The summed E-state index contributed by atoms with van der Waals surface area (Å²) in [7, 11) is 0. The van der Waals surface area contributed by atoms with E-state index in [1.165, 1.54) is 44.8 Å². The third kappa shape index (κ3) is 4.87. The molecule has 2 nitrogen and oxygen atoms in total. The summed E-state index contributed by atoms with van der Waals surface area (Å²) < 4.78 is 0. The number of nitrogens with zero attached hydrogens (tertiary/aromatic N) is 2. The Balaban J connectivity index is 1.29. The highest BCUT2D eigenvalue weighted by molar-refractivity contribution is 5.92. The van der Waals surface area contributed by atoms with Crippen molar-refractivity contribution in [3.8, 4) is 0 Å². The molecule has 1 saturated heterocycles. The van der Waals surface area contributed by atoms with Gasteiger partial charge < -0.3 is 4.90 Å². The zero-order chi connectivity index (χ0) is 26.7. The Kier molecular flexibility index (Phi) is 6.77. The van der Waals surface area contributed by atoms with Crippen LogP contribution in [0.3, 0.4) is 0 Å². The summed E-state index contributed by atoms with van der Waals surface area (Å²) in [5.41, 5.74) is 10.5. The maximum Gasteiger partial charge on any atom is 0.0450 e. The summed E-state index contributed by atoms with van der Waals surface area (Å²) in [6.45, 7) is 3.20. The highest BCUT2D eigenvalue weighted by Gasteiger charge is 2.42. The maximum absolute atomic E-state index is 2.65. The maximum atomic E-state index is 2.65. The van der Waals surface area contributed by atoms with Gasteiger partial charge in [-0.1, -0.05) is 115 Å². The van der Waals surface area contributed by atoms with E-state index in [4.69, 9.17) is 0 Å². The number of benzene rings is 5. The van der Waals surface area contributed by atoms with E-state index in [1.807, 2.05) is 0 Å². The lowest BCUT2D eigenvalue weighted by atomic mass is 9.87. The molecule has 0 aromatic heterocycles. The molecule has 7 rings (SSSR count). The van der Waals surface area contributed by atoms with E-state index in [1.54, 1.807) is 0 Å². The molecule has 2 heteroatoms. The molecule has 196 valence electrons. The van der Waals surface area contributed by atoms with Gasteiger partial charge in [-0.05, 0) is 70.2 Å². The molecule has 0 N–H and O–H groups in total. The summed E-state index contributed by atoms with van der Waals surface area (Å²) >= 11 is 0. The Hall–Kier alpha value is -4.40. The van der Waals surface area contributed by atoms with Gasteiger partial charge in [0.25, 0.3) is 0 Å². The van der Waals surface area contributed by atoms with Crippen LogP contribution in [0.1, 0.15) is 40.2 Å². The number of piperidine rings is 1. The molecule has 0 aliphatic carbocycles. The molecule has 2 aliphatic rings. The fourth-order valence-corrected chi connectivity index (χ4v) is 6.62. The first kappa shape index (κ1) is 24.6.